The van der Waals surface area contributed by atoms with Crippen LogP contribution in [0, 0.1) is 0 Å². The van der Waals surface area contributed by atoms with Crippen molar-refractivity contribution in [2.75, 3.05) is 13.7 Å². The van der Waals surface area contributed by atoms with E-state index in [4.69, 9.17) is 21.4 Å². The Morgan fingerprint density at radius 2 is 1.84 bits per heavy atom. The lowest BCUT2D eigenvalue weighted by Gasteiger charge is -2.28. The van der Waals surface area contributed by atoms with Crippen LogP contribution in [0.25, 0.3) is 0 Å². The number of aliphatic carboxylic acids is 1. The third-order valence-electron chi connectivity index (χ3n) is 4.47. The second kappa shape index (κ2) is 7.72. The van der Waals surface area contributed by atoms with E-state index in [0.29, 0.717) is 17.9 Å². The fraction of sp³-hybridized carbons (Fsp3) is 0.500. The summed E-state index contributed by atoms with van der Waals surface area (Å²) >= 11 is 5.81. The number of methoxy groups -OCH3 is 1. The number of carboxylic acids is 1. The smallest absolute Gasteiger partial charge is 0.334 e. The first-order valence-electron chi connectivity index (χ1n) is 7.79. The topological polar surface area (TPSA) is 110 Å². The maximum absolute atomic E-state index is 13.1. The highest BCUT2D eigenvalue weighted by Crippen LogP contribution is 2.41. The van der Waals surface area contributed by atoms with Crippen molar-refractivity contribution in [3.05, 3.63) is 29.3 Å². The molecular formula is C16H20ClNO6S. The zero-order chi connectivity index (χ0) is 18.7. The molecule has 0 heterocycles. The van der Waals surface area contributed by atoms with Gasteiger partial charge in [-0.1, -0.05) is 24.4 Å². The van der Waals surface area contributed by atoms with E-state index >= 15 is 0 Å². The largest absolute Gasteiger partial charge is 0.479 e. The molecule has 1 aliphatic rings. The minimum atomic E-state index is -3.95. The van der Waals surface area contributed by atoms with Gasteiger partial charge in [0.15, 0.2) is 20.7 Å². The molecule has 2 rings (SSSR count). The monoisotopic (exact) mass is 389 g/mol. The van der Waals surface area contributed by atoms with Crippen LogP contribution in [0.15, 0.2) is 29.2 Å². The molecule has 9 heteroatoms. The summed E-state index contributed by atoms with van der Waals surface area (Å²) in [6, 6.07) is 5.67. The number of rotatable bonds is 7. The van der Waals surface area contributed by atoms with Crippen molar-refractivity contribution in [3.8, 4) is 0 Å². The lowest BCUT2D eigenvalue weighted by atomic mass is 10.1. The average Bonchev–Trinajstić information content (AvgIpc) is 3.07. The molecule has 7 nitrogen and oxygen atoms in total. The molecular weight excluding hydrogens is 370 g/mol. The summed E-state index contributed by atoms with van der Waals surface area (Å²) in [6.07, 6.45) is 0.351. The molecule has 1 unspecified atom stereocenters. The van der Waals surface area contributed by atoms with Gasteiger partial charge < -0.3 is 15.2 Å². The Labute approximate surface area is 151 Å². The van der Waals surface area contributed by atoms with Gasteiger partial charge in [-0.15, -0.1) is 0 Å². The Hall–Kier alpha value is -1.64. The Bertz CT molecular complexity index is 740. The second-order valence-corrected chi connectivity index (χ2v) is 8.63. The molecule has 0 radical (unpaired) electrons. The third kappa shape index (κ3) is 3.80. The maximum Gasteiger partial charge on any atom is 0.334 e. The Morgan fingerprint density at radius 1 is 1.28 bits per heavy atom. The number of benzene rings is 1. The first kappa shape index (κ1) is 19.7. The number of sulfone groups is 1. The molecule has 2 N–H and O–H groups in total. The van der Waals surface area contributed by atoms with Gasteiger partial charge in [-0.3, -0.25) is 4.79 Å². The third-order valence-corrected chi connectivity index (χ3v) is 7.24. The number of carbonyl (C=O) groups excluding carboxylic acids is 1. The van der Waals surface area contributed by atoms with Crippen LogP contribution in [0.3, 0.4) is 0 Å². The van der Waals surface area contributed by atoms with Crippen molar-refractivity contribution in [3.63, 3.8) is 0 Å². The standard InChI is InChI=1S/C16H20ClNO6S/c1-24-13(14(19)20)10-18-15(21)16(8-2-3-9-16)25(22,23)12-6-4-11(17)5-7-12/h4-7,13H,2-3,8-10H2,1H3,(H,18,21)(H,19,20). The van der Waals surface area contributed by atoms with Crippen LogP contribution >= 0.6 is 11.6 Å². The first-order valence-corrected chi connectivity index (χ1v) is 9.65. The van der Waals surface area contributed by atoms with Crippen LogP contribution < -0.4 is 5.32 Å². The molecule has 1 aliphatic carbocycles. The minimum Gasteiger partial charge on any atom is -0.479 e. The number of hydrogen-bond donors (Lipinski definition) is 2. The van der Waals surface area contributed by atoms with E-state index in [0.717, 1.165) is 0 Å². The summed E-state index contributed by atoms with van der Waals surface area (Å²) in [4.78, 5) is 23.7. The SMILES string of the molecule is COC(CNC(=O)C1(S(=O)(=O)c2ccc(Cl)cc2)CCCC1)C(=O)O. The minimum absolute atomic E-state index is 0.0236. The molecule has 1 fully saturated rings. The molecule has 1 aromatic rings. The van der Waals surface area contributed by atoms with Gasteiger partial charge in [0.05, 0.1) is 11.4 Å². The highest BCUT2D eigenvalue weighted by Gasteiger charge is 2.52. The van der Waals surface area contributed by atoms with Gasteiger partial charge in [-0.25, -0.2) is 13.2 Å². The zero-order valence-electron chi connectivity index (χ0n) is 13.7. The average molecular weight is 390 g/mol. The van der Waals surface area contributed by atoms with Gasteiger partial charge in [-0.2, -0.15) is 0 Å². The van der Waals surface area contributed by atoms with Gasteiger partial charge in [-0.05, 0) is 37.1 Å². The summed E-state index contributed by atoms with van der Waals surface area (Å²) in [5.41, 5.74) is 0. The van der Waals surface area contributed by atoms with Gasteiger partial charge in [0.1, 0.15) is 0 Å². The number of ether oxygens (including phenoxy) is 1. The normalized spacial score (nSPS) is 17.8. The molecule has 0 aliphatic heterocycles. The number of halogens is 1. The van der Waals surface area contributed by atoms with Crippen LogP contribution in [0.4, 0.5) is 0 Å². The summed E-state index contributed by atoms with van der Waals surface area (Å²) in [6.45, 7) is -0.303. The molecule has 0 bridgehead atoms. The van der Waals surface area contributed by atoms with Crippen molar-refractivity contribution >= 4 is 33.3 Å². The molecule has 0 saturated heterocycles. The van der Waals surface area contributed by atoms with Gasteiger partial charge in [0.2, 0.25) is 5.91 Å². The molecule has 1 saturated carbocycles. The van der Waals surface area contributed by atoms with Crippen molar-refractivity contribution < 1.29 is 27.9 Å². The van der Waals surface area contributed by atoms with Crippen LogP contribution in [-0.4, -0.2) is 49.9 Å². The number of carboxylic acid groups (broad SMARTS) is 1. The molecule has 0 aromatic heterocycles. The van der Waals surface area contributed by atoms with Crippen molar-refractivity contribution in [1.82, 2.24) is 5.32 Å². The van der Waals surface area contributed by atoms with Gasteiger partial charge in [0, 0.05) is 12.1 Å². The zero-order valence-corrected chi connectivity index (χ0v) is 15.3. The molecule has 1 amide bonds. The van der Waals surface area contributed by atoms with E-state index in [1.165, 1.54) is 31.4 Å². The Balaban J connectivity index is 2.30. The van der Waals surface area contributed by atoms with Crippen molar-refractivity contribution in [2.45, 2.75) is 41.4 Å². The number of nitrogens with one attached hydrogen (secondary N) is 1. The van der Waals surface area contributed by atoms with E-state index < -0.39 is 32.6 Å². The lowest BCUT2D eigenvalue weighted by Crippen LogP contribution is -2.52. The molecule has 0 spiro atoms. The van der Waals surface area contributed by atoms with E-state index in [9.17, 15) is 18.0 Å². The van der Waals surface area contributed by atoms with E-state index in [2.05, 4.69) is 5.32 Å². The molecule has 1 atom stereocenters. The van der Waals surface area contributed by atoms with Crippen LogP contribution in [0.1, 0.15) is 25.7 Å². The highest BCUT2D eigenvalue weighted by molar-refractivity contribution is 7.93. The van der Waals surface area contributed by atoms with E-state index in [-0.39, 0.29) is 24.3 Å². The van der Waals surface area contributed by atoms with Gasteiger partial charge in [0.25, 0.3) is 0 Å². The van der Waals surface area contributed by atoms with Crippen molar-refractivity contribution in [1.29, 1.82) is 0 Å². The molecule has 25 heavy (non-hydrogen) atoms. The van der Waals surface area contributed by atoms with E-state index in [1.54, 1.807) is 0 Å². The summed E-state index contributed by atoms with van der Waals surface area (Å²) in [5, 5.41) is 11.8. The fourth-order valence-corrected chi connectivity index (χ4v) is 5.24. The van der Waals surface area contributed by atoms with Crippen LogP contribution in [0.2, 0.25) is 5.02 Å². The summed E-state index contributed by atoms with van der Waals surface area (Å²) < 4.78 is 29.4. The Morgan fingerprint density at radius 3 is 2.32 bits per heavy atom. The molecule has 1 aromatic carbocycles. The maximum atomic E-state index is 13.1. The van der Waals surface area contributed by atoms with Crippen molar-refractivity contribution in [2.24, 2.45) is 0 Å². The van der Waals surface area contributed by atoms with Gasteiger partial charge >= 0.3 is 5.97 Å². The van der Waals surface area contributed by atoms with E-state index in [1.807, 2.05) is 0 Å². The predicted octanol–water partition coefficient (Wildman–Crippen LogP) is 1.64. The summed E-state index contributed by atoms with van der Waals surface area (Å²) in [7, 11) is -2.74. The highest BCUT2D eigenvalue weighted by atomic mass is 35.5. The predicted molar refractivity (Wildman–Crippen MR) is 91.3 cm³/mol. The quantitative estimate of drug-likeness (QED) is 0.733. The second-order valence-electron chi connectivity index (χ2n) is 5.93. The number of amides is 1. The number of carbonyl (C=O) groups is 2. The lowest BCUT2D eigenvalue weighted by molar-refractivity contribution is -0.148. The Kier molecular flexibility index (Phi) is 6.08. The fourth-order valence-electron chi connectivity index (χ4n) is 3.02. The van der Waals surface area contributed by atoms with Crippen LogP contribution in [0.5, 0.6) is 0 Å². The van der Waals surface area contributed by atoms with Crippen LogP contribution in [-0.2, 0) is 24.2 Å². The first-order chi connectivity index (χ1) is 11.7. The summed E-state index contributed by atoms with van der Waals surface area (Å²) in [5.74, 6) is -1.92. The molecule has 138 valence electrons. The number of hydrogen-bond acceptors (Lipinski definition) is 5.